The Labute approximate surface area is 344 Å². The Balaban J connectivity index is 1.14. The van der Waals surface area contributed by atoms with E-state index in [1.54, 1.807) is 0 Å². The highest BCUT2D eigenvalue weighted by atomic mass is 15.2. The SMILES string of the molecule is CC1(C)c2ccccc2N(c2ccccc2)c2ccc3c(c21)-c1ccccc1C31c2ccccc2-c2ccc(-c3nc(-c4ccccc4)nc(-c4ccccc4)n3)cc21. The molecule has 4 heteroatoms. The normalized spacial score (nSPS) is 16.1. The molecule has 0 fully saturated rings. The quantitative estimate of drug-likeness (QED) is 0.179. The number of anilines is 3. The van der Waals surface area contributed by atoms with E-state index in [0.29, 0.717) is 17.5 Å². The lowest BCUT2D eigenvalue weighted by molar-refractivity contribution is 0.632. The molecule has 0 saturated carbocycles. The molecule has 0 bridgehead atoms. The van der Waals surface area contributed by atoms with Gasteiger partial charge in [-0.15, -0.1) is 0 Å². The maximum absolute atomic E-state index is 5.19. The van der Waals surface area contributed by atoms with Crippen molar-refractivity contribution < 1.29 is 0 Å². The molecular formula is C55H38N4. The van der Waals surface area contributed by atoms with Crippen molar-refractivity contribution >= 4 is 17.1 Å². The molecule has 1 aliphatic heterocycles. The lowest BCUT2D eigenvalue weighted by Crippen LogP contribution is -2.32. The number of para-hydroxylation sites is 2. The number of fused-ring (bicyclic) bond motifs is 13. The molecule has 9 aromatic rings. The van der Waals surface area contributed by atoms with Gasteiger partial charge >= 0.3 is 0 Å². The summed E-state index contributed by atoms with van der Waals surface area (Å²) >= 11 is 0. The average molecular weight is 755 g/mol. The first-order valence-corrected chi connectivity index (χ1v) is 20.4. The van der Waals surface area contributed by atoms with Gasteiger partial charge in [0.05, 0.1) is 16.8 Å². The molecule has 3 aliphatic rings. The Bertz CT molecular complexity index is 3080. The summed E-state index contributed by atoms with van der Waals surface area (Å²) in [5, 5.41) is 0. The molecule has 1 atom stereocenters. The highest BCUT2D eigenvalue weighted by Gasteiger charge is 2.54. The fourth-order valence-corrected chi connectivity index (χ4v) is 10.4. The lowest BCUT2D eigenvalue weighted by atomic mass is 9.67. The van der Waals surface area contributed by atoms with Gasteiger partial charge in [-0.1, -0.05) is 178 Å². The number of hydrogen-bond donors (Lipinski definition) is 0. The molecule has 1 unspecified atom stereocenters. The van der Waals surface area contributed by atoms with Crippen molar-refractivity contribution in [3.63, 3.8) is 0 Å². The summed E-state index contributed by atoms with van der Waals surface area (Å²) in [5.74, 6) is 1.96. The number of aromatic nitrogens is 3. The van der Waals surface area contributed by atoms with Crippen LogP contribution in [0.25, 0.3) is 56.4 Å². The molecule has 0 radical (unpaired) electrons. The Kier molecular flexibility index (Phi) is 7.16. The van der Waals surface area contributed by atoms with Crippen molar-refractivity contribution in [3.05, 3.63) is 228 Å². The highest BCUT2D eigenvalue weighted by Crippen LogP contribution is 2.66. The van der Waals surface area contributed by atoms with Crippen molar-refractivity contribution in [1.82, 2.24) is 15.0 Å². The molecule has 2 aliphatic carbocycles. The second-order valence-corrected chi connectivity index (χ2v) is 16.3. The summed E-state index contributed by atoms with van der Waals surface area (Å²) in [7, 11) is 0. The van der Waals surface area contributed by atoms with Gasteiger partial charge in [-0.05, 0) is 86.0 Å². The van der Waals surface area contributed by atoms with Gasteiger partial charge in [0.25, 0.3) is 0 Å². The predicted molar refractivity (Wildman–Crippen MR) is 239 cm³/mol. The van der Waals surface area contributed by atoms with Gasteiger partial charge in [-0.2, -0.15) is 0 Å². The first kappa shape index (κ1) is 33.7. The van der Waals surface area contributed by atoms with Crippen LogP contribution in [0, 0.1) is 0 Å². The molecular weight excluding hydrogens is 717 g/mol. The van der Waals surface area contributed by atoms with Gasteiger partial charge in [-0.25, -0.2) is 15.0 Å². The molecule has 278 valence electrons. The Morgan fingerprint density at radius 2 is 0.881 bits per heavy atom. The first-order valence-electron chi connectivity index (χ1n) is 20.4. The molecule has 0 N–H and O–H groups in total. The van der Waals surface area contributed by atoms with E-state index in [1.165, 1.54) is 67.0 Å². The monoisotopic (exact) mass is 754 g/mol. The average Bonchev–Trinajstić information content (AvgIpc) is 3.77. The van der Waals surface area contributed by atoms with Gasteiger partial charge in [0.2, 0.25) is 0 Å². The molecule has 0 amide bonds. The summed E-state index contributed by atoms with van der Waals surface area (Å²) in [6, 6.07) is 70.0. The second kappa shape index (κ2) is 12.5. The van der Waals surface area contributed by atoms with E-state index in [0.717, 1.165) is 22.4 Å². The maximum Gasteiger partial charge on any atom is 0.164 e. The smallest absolute Gasteiger partial charge is 0.164 e. The van der Waals surface area contributed by atoms with E-state index in [1.807, 2.05) is 36.4 Å². The maximum atomic E-state index is 5.19. The van der Waals surface area contributed by atoms with Crippen molar-refractivity contribution in [2.75, 3.05) is 4.90 Å². The third-order valence-corrected chi connectivity index (χ3v) is 12.9. The minimum atomic E-state index is -0.564. The second-order valence-electron chi connectivity index (χ2n) is 16.3. The predicted octanol–water partition coefficient (Wildman–Crippen LogP) is 13.3. The van der Waals surface area contributed by atoms with Crippen LogP contribution in [0.3, 0.4) is 0 Å². The van der Waals surface area contributed by atoms with E-state index in [-0.39, 0.29) is 5.41 Å². The third kappa shape index (κ3) is 4.69. The number of rotatable bonds is 4. The summed E-state index contributed by atoms with van der Waals surface area (Å²) in [6.07, 6.45) is 0. The van der Waals surface area contributed by atoms with E-state index < -0.39 is 5.41 Å². The minimum Gasteiger partial charge on any atom is -0.310 e. The molecule has 1 spiro atoms. The first-order chi connectivity index (χ1) is 29.0. The standard InChI is InChI=1S/C55H38N4/c1-54(2)44-28-16-17-29-47(44)59(38-22-10-5-11-23-38)48-33-32-45-49(50(48)54)41-25-13-15-27-43(41)55(45)42-26-14-12-24-39(42)40-31-30-37(34-46(40)55)53-57-51(35-18-6-3-7-19-35)56-52(58-53)36-20-8-4-9-21-36/h3-34H,1-2H3. The molecule has 2 heterocycles. The van der Waals surface area contributed by atoms with Crippen LogP contribution in [0.2, 0.25) is 0 Å². The molecule has 8 aromatic carbocycles. The highest BCUT2D eigenvalue weighted by molar-refractivity contribution is 6.00. The zero-order valence-corrected chi connectivity index (χ0v) is 32.8. The van der Waals surface area contributed by atoms with Gasteiger partial charge in [0, 0.05) is 27.8 Å². The van der Waals surface area contributed by atoms with Gasteiger partial charge in [0.15, 0.2) is 17.5 Å². The molecule has 12 rings (SSSR count). The number of hydrogen-bond acceptors (Lipinski definition) is 4. The van der Waals surface area contributed by atoms with Crippen LogP contribution in [0.5, 0.6) is 0 Å². The van der Waals surface area contributed by atoms with Gasteiger partial charge < -0.3 is 4.90 Å². The summed E-state index contributed by atoms with van der Waals surface area (Å²) < 4.78 is 0. The van der Waals surface area contributed by atoms with Crippen molar-refractivity contribution in [3.8, 4) is 56.4 Å². The van der Waals surface area contributed by atoms with Crippen molar-refractivity contribution in [2.24, 2.45) is 0 Å². The number of benzene rings is 8. The fourth-order valence-electron chi connectivity index (χ4n) is 10.4. The van der Waals surface area contributed by atoms with Crippen LogP contribution in [0.4, 0.5) is 17.1 Å². The Morgan fingerprint density at radius 3 is 1.54 bits per heavy atom. The lowest BCUT2D eigenvalue weighted by Gasteiger charge is -2.43. The molecule has 0 saturated heterocycles. The summed E-state index contributed by atoms with van der Waals surface area (Å²) in [5.41, 5.74) is 18.5. The number of nitrogens with zero attached hydrogens (tertiary/aromatic N) is 4. The molecule has 1 aromatic heterocycles. The van der Waals surface area contributed by atoms with E-state index in [4.69, 9.17) is 15.0 Å². The topological polar surface area (TPSA) is 41.9 Å². The van der Waals surface area contributed by atoms with Crippen LogP contribution in [-0.2, 0) is 10.8 Å². The summed E-state index contributed by atoms with van der Waals surface area (Å²) in [6.45, 7) is 4.82. The zero-order chi connectivity index (χ0) is 39.3. The fraction of sp³-hybridized carbons (Fsp3) is 0.0727. The van der Waals surface area contributed by atoms with Crippen molar-refractivity contribution in [1.29, 1.82) is 0 Å². The van der Waals surface area contributed by atoms with Crippen LogP contribution in [0.1, 0.15) is 47.2 Å². The van der Waals surface area contributed by atoms with Crippen LogP contribution >= 0.6 is 0 Å². The van der Waals surface area contributed by atoms with Crippen LogP contribution < -0.4 is 4.90 Å². The van der Waals surface area contributed by atoms with Gasteiger partial charge in [0.1, 0.15) is 0 Å². The molecule has 59 heavy (non-hydrogen) atoms. The summed E-state index contributed by atoms with van der Waals surface area (Å²) in [4.78, 5) is 17.8. The third-order valence-electron chi connectivity index (χ3n) is 12.9. The Hall–Kier alpha value is -7.43. The zero-order valence-electron chi connectivity index (χ0n) is 32.8. The van der Waals surface area contributed by atoms with E-state index in [9.17, 15) is 0 Å². The Morgan fingerprint density at radius 1 is 0.373 bits per heavy atom. The minimum absolute atomic E-state index is 0.295. The van der Waals surface area contributed by atoms with Crippen LogP contribution in [0.15, 0.2) is 194 Å². The van der Waals surface area contributed by atoms with E-state index >= 15 is 0 Å². The van der Waals surface area contributed by atoms with Crippen LogP contribution in [-0.4, -0.2) is 15.0 Å². The van der Waals surface area contributed by atoms with Gasteiger partial charge in [-0.3, -0.25) is 0 Å². The largest absolute Gasteiger partial charge is 0.310 e. The molecule has 4 nitrogen and oxygen atoms in total. The van der Waals surface area contributed by atoms with Crippen molar-refractivity contribution in [2.45, 2.75) is 24.7 Å². The van der Waals surface area contributed by atoms with E-state index in [2.05, 4.69) is 176 Å².